The summed E-state index contributed by atoms with van der Waals surface area (Å²) >= 11 is 0. The summed E-state index contributed by atoms with van der Waals surface area (Å²) in [6.45, 7) is 1.89. The van der Waals surface area contributed by atoms with Gasteiger partial charge in [0.25, 0.3) is 0 Å². The molecule has 0 bridgehead atoms. The zero-order chi connectivity index (χ0) is 15.7. The molecule has 0 amide bonds. The van der Waals surface area contributed by atoms with Gasteiger partial charge in [0.1, 0.15) is 5.82 Å². The van der Waals surface area contributed by atoms with Gasteiger partial charge < -0.3 is 9.47 Å². The Kier molecular flexibility index (Phi) is 7.37. The van der Waals surface area contributed by atoms with Crippen LogP contribution in [0, 0.1) is 17.1 Å². The van der Waals surface area contributed by atoms with Crippen molar-refractivity contribution in [2.75, 3.05) is 33.9 Å². The van der Waals surface area contributed by atoms with Crippen molar-refractivity contribution in [2.24, 2.45) is 0 Å². The lowest BCUT2D eigenvalue weighted by Gasteiger charge is -2.22. The van der Waals surface area contributed by atoms with Crippen LogP contribution in [0.25, 0.3) is 0 Å². The number of hydrogen-bond donors (Lipinski definition) is 0. The molecule has 1 aromatic rings. The average molecular weight is 294 g/mol. The largest absolute Gasteiger partial charge is 0.469 e. The van der Waals surface area contributed by atoms with Crippen molar-refractivity contribution in [3.8, 4) is 6.07 Å². The standard InChI is InChI=1S/C15H19FN2O3/c1-20-8-7-18(6-5-15(19)21-2)11-13-9-14(16)4-3-12(13)10-17/h3-4,9H,5-8,11H2,1-2H3. The molecule has 0 N–H and O–H groups in total. The van der Waals surface area contributed by atoms with Crippen molar-refractivity contribution in [2.45, 2.75) is 13.0 Å². The Balaban J connectivity index is 2.77. The van der Waals surface area contributed by atoms with Crippen LogP contribution < -0.4 is 0 Å². The van der Waals surface area contributed by atoms with Gasteiger partial charge in [-0.15, -0.1) is 0 Å². The molecule has 0 atom stereocenters. The van der Waals surface area contributed by atoms with Crippen LogP contribution in [0.5, 0.6) is 0 Å². The van der Waals surface area contributed by atoms with Crippen LogP contribution >= 0.6 is 0 Å². The number of esters is 1. The van der Waals surface area contributed by atoms with Gasteiger partial charge in [0.15, 0.2) is 0 Å². The average Bonchev–Trinajstić information content (AvgIpc) is 2.49. The number of nitriles is 1. The van der Waals surface area contributed by atoms with E-state index < -0.39 is 0 Å². The lowest BCUT2D eigenvalue weighted by molar-refractivity contribution is -0.141. The maximum Gasteiger partial charge on any atom is 0.306 e. The molecule has 0 aliphatic rings. The molecule has 0 fully saturated rings. The molecule has 0 aliphatic heterocycles. The molecule has 0 radical (unpaired) electrons. The molecule has 114 valence electrons. The summed E-state index contributed by atoms with van der Waals surface area (Å²) in [6.07, 6.45) is 0.234. The molecule has 0 aliphatic carbocycles. The van der Waals surface area contributed by atoms with Crippen LogP contribution in [0.3, 0.4) is 0 Å². The van der Waals surface area contributed by atoms with E-state index in [9.17, 15) is 9.18 Å². The zero-order valence-electron chi connectivity index (χ0n) is 12.3. The highest BCUT2D eigenvalue weighted by Crippen LogP contribution is 2.13. The Bertz CT molecular complexity index is 514. The number of carbonyl (C=O) groups excluding carboxylic acids is 1. The highest BCUT2D eigenvalue weighted by atomic mass is 19.1. The van der Waals surface area contributed by atoms with E-state index in [-0.39, 0.29) is 18.2 Å². The Labute approximate surface area is 123 Å². The second-order valence-corrected chi connectivity index (χ2v) is 4.51. The molecular weight excluding hydrogens is 275 g/mol. The molecule has 0 aromatic heterocycles. The summed E-state index contributed by atoms with van der Waals surface area (Å²) in [7, 11) is 2.92. The first kappa shape index (κ1) is 17.1. The molecule has 0 heterocycles. The van der Waals surface area contributed by atoms with Gasteiger partial charge in [0.05, 0.1) is 31.8 Å². The lowest BCUT2D eigenvalue weighted by Crippen LogP contribution is -2.30. The summed E-state index contributed by atoms with van der Waals surface area (Å²) < 4.78 is 23.0. The van der Waals surface area contributed by atoms with E-state index in [1.165, 1.54) is 25.3 Å². The van der Waals surface area contributed by atoms with E-state index in [2.05, 4.69) is 4.74 Å². The van der Waals surface area contributed by atoms with Crippen LogP contribution in [0.2, 0.25) is 0 Å². The summed E-state index contributed by atoms with van der Waals surface area (Å²) in [4.78, 5) is 13.2. The first-order valence-corrected chi connectivity index (χ1v) is 6.57. The molecule has 1 rings (SSSR count). The number of halogens is 1. The van der Waals surface area contributed by atoms with Gasteiger partial charge in [-0.1, -0.05) is 0 Å². The van der Waals surface area contributed by atoms with Gasteiger partial charge in [0, 0.05) is 26.7 Å². The number of benzene rings is 1. The molecular formula is C15H19FN2O3. The van der Waals surface area contributed by atoms with Crippen molar-refractivity contribution in [3.63, 3.8) is 0 Å². The van der Waals surface area contributed by atoms with Crippen LogP contribution in [0.4, 0.5) is 4.39 Å². The summed E-state index contributed by atoms with van der Waals surface area (Å²) in [6, 6.07) is 6.11. The van der Waals surface area contributed by atoms with Crippen molar-refractivity contribution in [3.05, 3.63) is 35.1 Å². The minimum absolute atomic E-state index is 0.234. The predicted molar refractivity (Wildman–Crippen MR) is 74.9 cm³/mol. The van der Waals surface area contributed by atoms with Crippen LogP contribution in [0.15, 0.2) is 18.2 Å². The number of methoxy groups -OCH3 is 2. The summed E-state index contributed by atoms with van der Waals surface area (Å²) in [5.74, 6) is -0.694. The predicted octanol–water partition coefficient (Wildman–Crippen LogP) is 1.71. The van der Waals surface area contributed by atoms with E-state index in [1.54, 1.807) is 7.11 Å². The third-order valence-electron chi connectivity index (χ3n) is 3.05. The Morgan fingerprint density at radius 3 is 2.76 bits per heavy atom. The fraction of sp³-hybridized carbons (Fsp3) is 0.467. The smallest absolute Gasteiger partial charge is 0.306 e. The van der Waals surface area contributed by atoms with Crippen molar-refractivity contribution < 1.29 is 18.7 Å². The van der Waals surface area contributed by atoms with Crippen LogP contribution in [-0.2, 0) is 20.8 Å². The maximum absolute atomic E-state index is 13.3. The fourth-order valence-electron chi connectivity index (χ4n) is 1.88. The van der Waals surface area contributed by atoms with Gasteiger partial charge in [-0.3, -0.25) is 9.69 Å². The van der Waals surface area contributed by atoms with Crippen molar-refractivity contribution in [1.29, 1.82) is 5.26 Å². The van der Waals surface area contributed by atoms with E-state index in [1.807, 2.05) is 11.0 Å². The minimum atomic E-state index is -0.386. The van der Waals surface area contributed by atoms with Gasteiger partial charge in [-0.25, -0.2) is 4.39 Å². The van der Waals surface area contributed by atoms with Gasteiger partial charge >= 0.3 is 5.97 Å². The summed E-state index contributed by atoms with van der Waals surface area (Å²) in [5, 5.41) is 9.06. The Morgan fingerprint density at radius 2 is 2.14 bits per heavy atom. The van der Waals surface area contributed by atoms with E-state index in [0.29, 0.717) is 37.4 Å². The molecule has 1 aromatic carbocycles. The van der Waals surface area contributed by atoms with E-state index in [0.717, 1.165) is 0 Å². The number of hydrogen-bond acceptors (Lipinski definition) is 5. The second kappa shape index (κ2) is 9.06. The number of rotatable bonds is 8. The third-order valence-corrected chi connectivity index (χ3v) is 3.05. The van der Waals surface area contributed by atoms with Crippen LogP contribution in [0.1, 0.15) is 17.5 Å². The van der Waals surface area contributed by atoms with Gasteiger partial charge in [-0.05, 0) is 23.8 Å². The van der Waals surface area contributed by atoms with Crippen LogP contribution in [-0.4, -0.2) is 44.8 Å². The van der Waals surface area contributed by atoms with Crippen molar-refractivity contribution in [1.82, 2.24) is 4.90 Å². The molecule has 0 spiro atoms. The Hall–Kier alpha value is -1.97. The maximum atomic E-state index is 13.3. The summed E-state index contributed by atoms with van der Waals surface area (Å²) in [5.41, 5.74) is 1.02. The highest BCUT2D eigenvalue weighted by Gasteiger charge is 2.12. The van der Waals surface area contributed by atoms with E-state index in [4.69, 9.17) is 10.00 Å². The second-order valence-electron chi connectivity index (χ2n) is 4.51. The molecule has 0 saturated carbocycles. The SMILES string of the molecule is COCCN(CCC(=O)OC)Cc1cc(F)ccc1C#N. The van der Waals surface area contributed by atoms with Crippen molar-refractivity contribution >= 4 is 5.97 Å². The van der Waals surface area contributed by atoms with Gasteiger partial charge in [0.2, 0.25) is 0 Å². The molecule has 6 heteroatoms. The first-order chi connectivity index (χ1) is 10.1. The number of carbonyl (C=O) groups is 1. The molecule has 0 saturated heterocycles. The topological polar surface area (TPSA) is 62.6 Å². The monoisotopic (exact) mass is 294 g/mol. The fourth-order valence-corrected chi connectivity index (χ4v) is 1.88. The molecule has 0 unspecified atom stereocenters. The quantitative estimate of drug-likeness (QED) is 0.683. The minimum Gasteiger partial charge on any atom is -0.469 e. The first-order valence-electron chi connectivity index (χ1n) is 6.57. The highest BCUT2D eigenvalue weighted by molar-refractivity contribution is 5.69. The van der Waals surface area contributed by atoms with Gasteiger partial charge in [-0.2, -0.15) is 5.26 Å². The van der Waals surface area contributed by atoms with E-state index >= 15 is 0 Å². The lowest BCUT2D eigenvalue weighted by atomic mass is 10.1. The molecule has 21 heavy (non-hydrogen) atoms. The molecule has 5 nitrogen and oxygen atoms in total. The number of nitrogens with zero attached hydrogens (tertiary/aromatic N) is 2. The number of ether oxygens (including phenoxy) is 2. The normalized spacial score (nSPS) is 10.4. The third kappa shape index (κ3) is 5.90. The Morgan fingerprint density at radius 1 is 1.38 bits per heavy atom. The zero-order valence-corrected chi connectivity index (χ0v) is 12.3.